The number of amides is 1. The van der Waals surface area contributed by atoms with Gasteiger partial charge in [-0.3, -0.25) is 9.10 Å². The molecule has 1 N–H and O–H groups in total. The Morgan fingerprint density at radius 1 is 0.966 bits per heavy atom. The van der Waals surface area contributed by atoms with Crippen LogP contribution in [0.2, 0.25) is 10.0 Å². The number of rotatable bonds is 6. The van der Waals surface area contributed by atoms with Gasteiger partial charge in [0.1, 0.15) is 6.54 Å². The smallest absolute Gasteiger partial charge is 0.245 e. The first-order valence-electron chi connectivity index (χ1n) is 8.63. The highest BCUT2D eigenvalue weighted by molar-refractivity contribution is 7.92. The molecule has 0 atom stereocenters. The van der Waals surface area contributed by atoms with Gasteiger partial charge in [0, 0.05) is 16.3 Å². The molecule has 0 aliphatic carbocycles. The summed E-state index contributed by atoms with van der Waals surface area (Å²) in [5, 5.41) is 3.31. The van der Waals surface area contributed by atoms with Crippen LogP contribution in [0.5, 0.6) is 0 Å². The minimum Gasteiger partial charge on any atom is -0.324 e. The molecule has 0 fully saturated rings. The van der Waals surface area contributed by atoms with Gasteiger partial charge in [-0.1, -0.05) is 71.7 Å². The first-order valence-corrected chi connectivity index (χ1v) is 11.2. The summed E-state index contributed by atoms with van der Waals surface area (Å²) in [6.45, 7) is -0.427. The summed E-state index contributed by atoms with van der Waals surface area (Å²) in [6.07, 6.45) is 1.02. The van der Waals surface area contributed by atoms with Gasteiger partial charge in [0.2, 0.25) is 15.9 Å². The number of para-hydroxylation sites is 1. The van der Waals surface area contributed by atoms with Gasteiger partial charge in [-0.15, -0.1) is 0 Å². The molecule has 0 saturated heterocycles. The van der Waals surface area contributed by atoms with Gasteiger partial charge in [-0.25, -0.2) is 8.42 Å². The summed E-state index contributed by atoms with van der Waals surface area (Å²) < 4.78 is 25.5. The number of nitrogens with zero attached hydrogens (tertiary/aromatic N) is 1. The van der Waals surface area contributed by atoms with Crippen LogP contribution in [-0.4, -0.2) is 27.1 Å². The van der Waals surface area contributed by atoms with Crippen molar-refractivity contribution >= 4 is 50.5 Å². The van der Waals surface area contributed by atoms with Gasteiger partial charge in [-0.05, 0) is 29.8 Å². The summed E-state index contributed by atoms with van der Waals surface area (Å²) >= 11 is 12.0. The van der Waals surface area contributed by atoms with E-state index in [1.807, 2.05) is 42.5 Å². The van der Waals surface area contributed by atoms with Crippen LogP contribution >= 0.6 is 23.2 Å². The summed E-state index contributed by atoms with van der Waals surface area (Å²) in [4.78, 5) is 12.7. The van der Waals surface area contributed by atoms with E-state index in [0.717, 1.165) is 21.7 Å². The number of carbonyl (C=O) groups excluding carboxylic acids is 1. The first kappa shape index (κ1) is 21.2. The molecule has 0 aliphatic rings. The number of anilines is 2. The van der Waals surface area contributed by atoms with Crippen LogP contribution in [0.3, 0.4) is 0 Å². The van der Waals surface area contributed by atoms with Crippen LogP contribution in [0, 0.1) is 0 Å². The predicted octanol–water partition coefficient (Wildman–Crippen LogP) is 5.07. The van der Waals surface area contributed by atoms with Gasteiger partial charge >= 0.3 is 0 Å². The SMILES string of the molecule is CS(=O)(=O)N(CC(=O)Nc1ccccc1-c1ccccc1)c1ccc(Cl)cc1Cl. The van der Waals surface area contributed by atoms with Crippen molar-refractivity contribution < 1.29 is 13.2 Å². The molecule has 5 nitrogen and oxygen atoms in total. The van der Waals surface area contributed by atoms with E-state index in [1.54, 1.807) is 12.1 Å². The molecule has 8 heteroatoms. The van der Waals surface area contributed by atoms with Crippen LogP contribution in [0.1, 0.15) is 0 Å². The van der Waals surface area contributed by atoms with Crippen molar-refractivity contribution in [3.05, 3.63) is 82.8 Å². The van der Waals surface area contributed by atoms with Crippen molar-refractivity contribution in [2.75, 3.05) is 22.4 Å². The molecular formula is C21H18Cl2N2O3S. The molecule has 0 bridgehead atoms. The largest absolute Gasteiger partial charge is 0.324 e. The van der Waals surface area contributed by atoms with E-state index in [4.69, 9.17) is 23.2 Å². The Labute approximate surface area is 179 Å². The fraction of sp³-hybridized carbons (Fsp3) is 0.0952. The van der Waals surface area contributed by atoms with Crippen LogP contribution in [0.25, 0.3) is 11.1 Å². The Kier molecular flexibility index (Phi) is 6.47. The molecule has 150 valence electrons. The molecular weight excluding hydrogens is 431 g/mol. The number of nitrogens with one attached hydrogen (secondary N) is 1. The maximum atomic E-state index is 12.7. The Morgan fingerprint density at radius 3 is 2.28 bits per heavy atom. The topological polar surface area (TPSA) is 66.5 Å². The van der Waals surface area contributed by atoms with E-state index in [1.165, 1.54) is 18.2 Å². The Hall–Kier alpha value is -2.54. The molecule has 0 unspecified atom stereocenters. The van der Waals surface area contributed by atoms with Gasteiger partial charge in [-0.2, -0.15) is 0 Å². The zero-order valence-corrected chi connectivity index (χ0v) is 17.8. The highest BCUT2D eigenvalue weighted by atomic mass is 35.5. The molecule has 0 saturated carbocycles. The molecule has 0 heterocycles. The third-order valence-electron chi connectivity index (χ3n) is 4.15. The fourth-order valence-electron chi connectivity index (χ4n) is 2.85. The lowest BCUT2D eigenvalue weighted by Crippen LogP contribution is -2.37. The lowest BCUT2D eigenvalue weighted by atomic mass is 10.0. The number of hydrogen-bond donors (Lipinski definition) is 1. The average molecular weight is 449 g/mol. The van der Waals surface area contributed by atoms with Crippen molar-refractivity contribution in [1.29, 1.82) is 0 Å². The molecule has 0 aromatic heterocycles. The zero-order valence-electron chi connectivity index (χ0n) is 15.5. The van der Waals surface area contributed by atoms with E-state index in [-0.39, 0.29) is 10.7 Å². The zero-order chi connectivity index (χ0) is 21.0. The maximum Gasteiger partial charge on any atom is 0.245 e. The monoisotopic (exact) mass is 448 g/mol. The van der Waals surface area contributed by atoms with Crippen molar-refractivity contribution in [3.63, 3.8) is 0 Å². The lowest BCUT2D eigenvalue weighted by Gasteiger charge is -2.23. The molecule has 3 aromatic carbocycles. The Bertz CT molecular complexity index is 1140. The number of carbonyl (C=O) groups is 1. The Balaban J connectivity index is 1.88. The van der Waals surface area contributed by atoms with Gasteiger partial charge in [0.25, 0.3) is 0 Å². The predicted molar refractivity (Wildman–Crippen MR) is 119 cm³/mol. The van der Waals surface area contributed by atoms with E-state index >= 15 is 0 Å². The summed E-state index contributed by atoms with van der Waals surface area (Å²) in [7, 11) is -3.76. The van der Waals surface area contributed by atoms with Crippen molar-refractivity contribution in [2.24, 2.45) is 0 Å². The summed E-state index contributed by atoms with van der Waals surface area (Å²) in [6, 6.07) is 21.3. The summed E-state index contributed by atoms with van der Waals surface area (Å²) in [5.74, 6) is -0.496. The van der Waals surface area contributed by atoms with Gasteiger partial charge < -0.3 is 5.32 Å². The number of halogens is 2. The molecule has 3 rings (SSSR count). The van der Waals surface area contributed by atoms with E-state index in [0.29, 0.717) is 10.7 Å². The third-order valence-corrected chi connectivity index (χ3v) is 5.82. The highest BCUT2D eigenvalue weighted by Gasteiger charge is 2.23. The number of sulfonamides is 1. The minimum absolute atomic E-state index is 0.139. The second-order valence-electron chi connectivity index (χ2n) is 6.33. The van der Waals surface area contributed by atoms with E-state index in [2.05, 4.69) is 5.32 Å². The van der Waals surface area contributed by atoms with Gasteiger partial charge in [0.05, 0.1) is 17.0 Å². The average Bonchev–Trinajstić information content (AvgIpc) is 2.67. The lowest BCUT2D eigenvalue weighted by molar-refractivity contribution is -0.114. The summed E-state index contributed by atoms with van der Waals surface area (Å²) in [5.41, 5.74) is 2.53. The first-order chi connectivity index (χ1) is 13.8. The maximum absolute atomic E-state index is 12.7. The van der Waals surface area contributed by atoms with E-state index in [9.17, 15) is 13.2 Å². The fourth-order valence-corrected chi connectivity index (χ4v) is 4.28. The van der Waals surface area contributed by atoms with Crippen LogP contribution < -0.4 is 9.62 Å². The molecule has 3 aromatic rings. The van der Waals surface area contributed by atoms with Crippen molar-refractivity contribution in [1.82, 2.24) is 0 Å². The van der Waals surface area contributed by atoms with Crippen molar-refractivity contribution in [2.45, 2.75) is 0 Å². The normalized spacial score (nSPS) is 11.1. The minimum atomic E-state index is -3.76. The molecule has 0 radical (unpaired) electrons. The standard InChI is InChI=1S/C21H18Cl2N2O3S/c1-29(27,28)25(20-12-11-16(22)13-18(20)23)14-21(26)24-19-10-6-5-9-17(19)15-7-3-2-4-8-15/h2-13H,14H2,1H3,(H,24,26). The number of benzene rings is 3. The van der Waals surface area contributed by atoms with Crippen molar-refractivity contribution in [3.8, 4) is 11.1 Å². The number of hydrogen-bond acceptors (Lipinski definition) is 3. The van der Waals surface area contributed by atoms with Gasteiger partial charge in [0.15, 0.2) is 0 Å². The van der Waals surface area contributed by atoms with Crippen LogP contribution in [0.15, 0.2) is 72.8 Å². The molecule has 1 amide bonds. The van der Waals surface area contributed by atoms with E-state index < -0.39 is 22.5 Å². The van der Waals surface area contributed by atoms with Crippen LogP contribution in [0.4, 0.5) is 11.4 Å². The third kappa shape index (κ3) is 5.29. The second-order valence-corrected chi connectivity index (χ2v) is 9.08. The van der Waals surface area contributed by atoms with Crippen LogP contribution in [-0.2, 0) is 14.8 Å². The molecule has 0 aliphatic heterocycles. The molecule has 0 spiro atoms. The molecule has 29 heavy (non-hydrogen) atoms. The highest BCUT2D eigenvalue weighted by Crippen LogP contribution is 2.31. The quantitative estimate of drug-likeness (QED) is 0.572. The second kappa shape index (κ2) is 8.86. The Morgan fingerprint density at radius 2 is 1.62 bits per heavy atom.